The maximum atomic E-state index is 12.7. The highest BCUT2D eigenvalue weighted by Gasteiger charge is 2.21. The first-order chi connectivity index (χ1) is 13.9. The van der Waals surface area contributed by atoms with Crippen LogP contribution in [0.4, 0.5) is 5.00 Å². The lowest BCUT2D eigenvalue weighted by Gasteiger charge is -2.04. The number of thiophene rings is 1. The standard InChI is InChI=1S/C21H18N4O3S/c1-13-16(12-25(2)24-13)9-15(11-22)19(26)23-20-17(21(27)28-3)10-18(29-20)14-7-5-4-6-8-14/h4-10,12H,1-3H3,(H,23,26). The third kappa shape index (κ3) is 4.42. The smallest absolute Gasteiger partial charge is 0.340 e. The first-order valence-corrected chi connectivity index (χ1v) is 9.45. The van der Waals surface area contributed by atoms with Gasteiger partial charge in [-0.2, -0.15) is 10.4 Å². The fourth-order valence-electron chi connectivity index (χ4n) is 2.72. The zero-order valence-corrected chi connectivity index (χ0v) is 16.9. The molecule has 0 aliphatic heterocycles. The van der Waals surface area contributed by atoms with Crippen LogP contribution in [0.2, 0.25) is 0 Å². The van der Waals surface area contributed by atoms with Crippen LogP contribution in [0.3, 0.4) is 0 Å². The average Bonchev–Trinajstić information content (AvgIpc) is 3.28. The van der Waals surface area contributed by atoms with Gasteiger partial charge in [0.1, 0.15) is 16.6 Å². The van der Waals surface area contributed by atoms with Crippen molar-refractivity contribution in [1.29, 1.82) is 5.26 Å². The number of aryl methyl sites for hydroxylation is 2. The van der Waals surface area contributed by atoms with Gasteiger partial charge in [0.05, 0.1) is 18.4 Å². The van der Waals surface area contributed by atoms with Crippen molar-refractivity contribution >= 4 is 34.3 Å². The molecule has 1 aromatic carbocycles. The molecular formula is C21H18N4O3S. The number of hydrogen-bond acceptors (Lipinski definition) is 6. The molecule has 7 nitrogen and oxygen atoms in total. The Labute approximate surface area is 171 Å². The molecular weight excluding hydrogens is 388 g/mol. The van der Waals surface area contributed by atoms with E-state index < -0.39 is 11.9 Å². The molecule has 29 heavy (non-hydrogen) atoms. The molecule has 0 aliphatic rings. The van der Waals surface area contributed by atoms with Crippen LogP contribution in [0.5, 0.6) is 0 Å². The Hall–Kier alpha value is -3.70. The summed E-state index contributed by atoms with van der Waals surface area (Å²) in [5.41, 5.74) is 2.42. The van der Waals surface area contributed by atoms with E-state index in [-0.39, 0.29) is 11.1 Å². The van der Waals surface area contributed by atoms with Crippen molar-refractivity contribution in [3.63, 3.8) is 0 Å². The van der Waals surface area contributed by atoms with Gasteiger partial charge >= 0.3 is 5.97 Å². The molecule has 0 radical (unpaired) electrons. The number of esters is 1. The predicted octanol–water partition coefficient (Wildman–Crippen LogP) is 3.79. The summed E-state index contributed by atoms with van der Waals surface area (Å²) in [6, 6.07) is 13.1. The van der Waals surface area contributed by atoms with Crippen molar-refractivity contribution in [2.45, 2.75) is 6.92 Å². The summed E-state index contributed by atoms with van der Waals surface area (Å²) in [6.07, 6.45) is 3.19. The van der Waals surface area contributed by atoms with E-state index in [1.54, 1.807) is 30.9 Å². The number of ether oxygens (including phenoxy) is 1. The number of carbonyl (C=O) groups is 2. The quantitative estimate of drug-likeness (QED) is 0.395. The number of hydrogen-bond donors (Lipinski definition) is 1. The molecule has 146 valence electrons. The third-order valence-electron chi connectivity index (χ3n) is 4.14. The Balaban J connectivity index is 1.94. The first kappa shape index (κ1) is 20.0. The van der Waals surface area contributed by atoms with Gasteiger partial charge in [-0.05, 0) is 24.6 Å². The Morgan fingerprint density at radius 3 is 2.62 bits per heavy atom. The van der Waals surface area contributed by atoms with Gasteiger partial charge in [0.15, 0.2) is 0 Å². The molecule has 1 N–H and O–H groups in total. The summed E-state index contributed by atoms with van der Waals surface area (Å²) in [4.78, 5) is 25.7. The number of nitrogens with one attached hydrogen (secondary N) is 1. The van der Waals surface area contributed by atoms with Crippen LogP contribution >= 0.6 is 11.3 Å². The molecule has 0 spiro atoms. The fourth-order valence-corrected chi connectivity index (χ4v) is 3.77. The van der Waals surface area contributed by atoms with E-state index in [9.17, 15) is 14.9 Å². The number of aromatic nitrogens is 2. The lowest BCUT2D eigenvalue weighted by molar-refractivity contribution is -0.112. The largest absolute Gasteiger partial charge is 0.465 e. The maximum absolute atomic E-state index is 12.7. The van der Waals surface area contributed by atoms with Crippen molar-refractivity contribution in [1.82, 2.24) is 9.78 Å². The minimum Gasteiger partial charge on any atom is -0.465 e. The van der Waals surface area contributed by atoms with Crippen molar-refractivity contribution in [3.05, 3.63) is 65.0 Å². The lowest BCUT2D eigenvalue weighted by Crippen LogP contribution is -2.15. The Kier molecular flexibility index (Phi) is 5.90. The van der Waals surface area contributed by atoms with Crippen LogP contribution in [-0.4, -0.2) is 28.8 Å². The second kappa shape index (κ2) is 8.54. The number of benzene rings is 1. The summed E-state index contributed by atoms with van der Waals surface area (Å²) < 4.78 is 6.44. The van der Waals surface area contributed by atoms with Crippen LogP contribution in [-0.2, 0) is 16.6 Å². The van der Waals surface area contributed by atoms with E-state index in [1.807, 2.05) is 36.4 Å². The summed E-state index contributed by atoms with van der Waals surface area (Å²) in [5, 5.41) is 16.6. The zero-order valence-electron chi connectivity index (χ0n) is 16.1. The molecule has 0 bridgehead atoms. The number of nitriles is 1. The maximum Gasteiger partial charge on any atom is 0.340 e. The Morgan fingerprint density at radius 2 is 2.03 bits per heavy atom. The van der Waals surface area contributed by atoms with Crippen LogP contribution in [0.1, 0.15) is 21.6 Å². The minimum absolute atomic E-state index is 0.0911. The fraction of sp³-hybridized carbons (Fsp3) is 0.143. The van der Waals surface area contributed by atoms with Crippen LogP contribution in [0.25, 0.3) is 16.5 Å². The van der Waals surface area contributed by atoms with E-state index in [0.717, 1.165) is 10.4 Å². The van der Waals surface area contributed by atoms with E-state index in [4.69, 9.17) is 4.74 Å². The number of nitrogens with zero attached hydrogens (tertiary/aromatic N) is 3. The highest BCUT2D eigenvalue weighted by atomic mass is 32.1. The number of carbonyl (C=O) groups excluding carboxylic acids is 2. The van der Waals surface area contributed by atoms with Gasteiger partial charge in [0, 0.05) is 23.7 Å². The normalized spacial score (nSPS) is 11.0. The molecule has 0 fully saturated rings. The molecule has 8 heteroatoms. The topological polar surface area (TPSA) is 97.0 Å². The monoisotopic (exact) mass is 406 g/mol. The van der Waals surface area contributed by atoms with Gasteiger partial charge in [-0.25, -0.2) is 4.79 Å². The number of rotatable bonds is 5. The molecule has 0 saturated carbocycles. The second-order valence-electron chi connectivity index (χ2n) is 6.18. The van der Waals surface area contributed by atoms with Crippen LogP contribution < -0.4 is 5.32 Å². The van der Waals surface area contributed by atoms with Gasteiger partial charge in [0.25, 0.3) is 5.91 Å². The van der Waals surface area contributed by atoms with Gasteiger partial charge in [0.2, 0.25) is 0 Å². The molecule has 2 aromatic heterocycles. The summed E-state index contributed by atoms with van der Waals surface area (Å²) in [7, 11) is 3.04. The van der Waals surface area contributed by atoms with E-state index in [1.165, 1.54) is 24.5 Å². The highest BCUT2D eigenvalue weighted by Crippen LogP contribution is 2.36. The number of amides is 1. The van der Waals surface area contributed by atoms with Crippen LogP contribution in [0, 0.1) is 18.3 Å². The molecule has 3 rings (SSSR count). The van der Waals surface area contributed by atoms with Crippen LogP contribution in [0.15, 0.2) is 48.2 Å². The van der Waals surface area contributed by atoms with Gasteiger partial charge < -0.3 is 10.1 Å². The molecule has 0 unspecified atom stereocenters. The lowest BCUT2D eigenvalue weighted by atomic mass is 10.1. The predicted molar refractivity (Wildman–Crippen MR) is 111 cm³/mol. The van der Waals surface area contributed by atoms with E-state index >= 15 is 0 Å². The third-order valence-corrected chi connectivity index (χ3v) is 5.24. The summed E-state index contributed by atoms with van der Waals surface area (Å²) in [6.45, 7) is 1.79. The van der Waals surface area contributed by atoms with Crippen molar-refractivity contribution in [2.75, 3.05) is 12.4 Å². The van der Waals surface area contributed by atoms with Gasteiger partial charge in [-0.3, -0.25) is 9.48 Å². The SMILES string of the molecule is COC(=O)c1cc(-c2ccccc2)sc1NC(=O)C(C#N)=Cc1cn(C)nc1C. The molecule has 0 aliphatic carbocycles. The van der Waals surface area contributed by atoms with Gasteiger partial charge in [-0.15, -0.1) is 11.3 Å². The van der Waals surface area contributed by atoms with Crippen molar-refractivity contribution in [3.8, 4) is 16.5 Å². The van der Waals surface area contributed by atoms with Gasteiger partial charge in [-0.1, -0.05) is 30.3 Å². The second-order valence-corrected chi connectivity index (χ2v) is 7.23. The minimum atomic E-state index is -0.609. The molecule has 0 saturated heterocycles. The van der Waals surface area contributed by atoms with Crippen molar-refractivity contribution < 1.29 is 14.3 Å². The van der Waals surface area contributed by atoms with E-state index in [0.29, 0.717) is 16.3 Å². The molecule has 0 atom stereocenters. The van der Waals surface area contributed by atoms with E-state index in [2.05, 4.69) is 10.4 Å². The highest BCUT2D eigenvalue weighted by molar-refractivity contribution is 7.20. The Bertz CT molecular complexity index is 1140. The summed E-state index contributed by atoms with van der Waals surface area (Å²) in [5.74, 6) is -1.17. The molecule has 1 amide bonds. The average molecular weight is 406 g/mol. The van der Waals surface area contributed by atoms with Crippen molar-refractivity contribution in [2.24, 2.45) is 7.05 Å². The number of anilines is 1. The molecule has 2 heterocycles. The molecule has 3 aromatic rings. The zero-order chi connectivity index (χ0) is 21.0. The first-order valence-electron chi connectivity index (χ1n) is 8.64. The Morgan fingerprint density at radius 1 is 1.31 bits per heavy atom. The number of methoxy groups -OCH3 is 1. The summed E-state index contributed by atoms with van der Waals surface area (Å²) >= 11 is 1.24.